The summed E-state index contributed by atoms with van der Waals surface area (Å²) in [5.41, 5.74) is 0. The zero-order valence-corrected chi connectivity index (χ0v) is 9.04. The highest BCUT2D eigenvalue weighted by atomic mass is 32.2. The Kier molecular flexibility index (Phi) is 2.81. The van der Waals surface area contributed by atoms with Crippen LogP contribution in [0.1, 0.15) is 25.7 Å². The summed E-state index contributed by atoms with van der Waals surface area (Å²) in [6.45, 7) is 0.560. The fraction of sp³-hybridized carbons (Fsp3) is 1.00. The van der Waals surface area contributed by atoms with Gasteiger partial charge in [0.1, 0.15) is 0 Å². The number of hydrogen-bond donors (Lipinski definition) is 1. The molecule has 0 radical (unpaired) electrons. The van der Waals surface area contributed by atoms with Gasteiger partial charge >= 0.3 is 0 Å². The van der Waals surface area contributed by atoms with Crippen LogP contribution in [0.5, 0.6) is 0 Å². The lowest BCUT2D eigenvalue weighted by molar-refractivity contribution is 0.213. The summed E-state index contributed by atoms with van der Waals surface area (Å²) in [6.07, 6.45) is 3.79. The molecule has 0 spiro atoms. The number of aliphatic hydroxyl groups is 1. The normalized spacial score (nSPS) is 29.6. The van der Waals surface area contributed by atoms with Crippen molar-refractivity contribution in [1.82, 2.24) is 4.31 Å². The molecular formula is C9H17NO3S. The molecule has 0 aromatic heterocycles. The molecule has 4 nitrogen and oxygen atoms in total. The van der Waals surface area contributed by atoms with Crippen LogP contribution in [-0.4, -0.2) is 42.8 Å². The van der Waals surface area contributed by atoms with E-state index in [0.29, 0.717) is 18.2 Å². The number of hydrogen-bond acceptors (Lipinski definition) is 3. The molecule has 0 aromatic carbocycles. The largest absolute Gasteiger partial charge is 0.395 e. The molecule has 2 fully saturated rings. The third kappa shape index (κ3) is 2.10. The molecule has 0 aromatic rings. The average Bonchev–Trinajstić information content (AvgIpc) is 2.80. The van der Waals surface area contributed by atoms with Crippen LogP contribution in [0.25, 0.3) is 0 Å². The molecule has 0 amide bonds. The maximum atomic E-state index is 11.9. The van der Waals surface area contributed by atoms with Gasteiger partial charge in [0.15, 0.2) is 0 Å². The minimum Gasteiger partial charge on any atom is -0.395 e. The Morgan fingerprint density at radius 2 is 2.00 bits per heavy atom. The molecule has 2 aliphatic rings. The highest BCUT2D eigenvalue weighted by Crippen LogP contribution is 2.32. The van der Waals surface area contributed by atoms with Crippen LogP contribution in [0.3, 0.4) is 0 Å². The molecule has 1 aliphatic heterocycles. The summed E-state index contributed by atoms with van der Waals surface area (Å²) in [5, 5.41) is 9.04. The van der Waals surface area contributed by atoms with E-state index in [1.807, 2.05) is 0 Å². The minimum atomic E-state index is -3.08. The van der Waals surface area contributed by atoms with Crippen molar-refractivity contribution < 1.29 is 13.5 Å². The van der Waals surface area contributed by atoms with Crippen molar-refractivity contribution in [3.8, 4) is 0 Å². The van der Waals surface area contributed by atoms with Crippen molar-refractivity contribution in [2.75, 3.05) is 18.9 Å². The lowest BCUT2D eigenvalue weighted by Crippen LogP contribution is -2.39. The first-order chi connectivity index (χ1) is 6.63. The highest BCUT2D eigenvalue weighted by molar-refractivity contribution is 7.89. The van der Waals surface area contributed by atoms with Crippen LogP contribution in [-0.2, 0) is 10.0 Å². The number of aliphatic hydroxyl groups excluding tert-OH is 1. The Bertz CT molecular complexity index is 297. The first-order valence-corrected chi connectivity index (χ1v) is 6.85. The number of sulfonamides is 1. The van der Waals surface area contributed by atoms with Crippen LogP contribution >= 0.6 is 0 Å². The molecule has 1 aliphatic carbocycles. The van der Waals surface area contributed by atoms with E-state index >= 15 is 0 Å². The Balaban J connectivity index is 2.03. The summed E-state index contributed by atoms with van der Waals surface area (Å²) in [7, 11) is -3.08. The van der Waals surface area contributed by atoms with Crippen molar-refractivity contribution in [2.24, 2.45) is 5.92 Å². The Hall–Kier alpha value is -0.130. The van der Waals surface area contributed by atoms with Crippen LogP contribution in [0.2, 0.25) is 0 Å². The molecule has 2 rings (SSSR count). The fourth-order valence-electron chi connectivity index (χ4n) is 2.04. The third-order valence-electron chi connectivity index (χ3n) is 3.03. The van der Waals surface area contributed by atoms with Crippen LogP contribution in [0, 0.1) is 5.92 Å². The quantitative estimate of drug-likeness (QED) is 0.734. The van der Waals surface area contributed by atoms with Gasteiger partial charge in [-0.25, -0.2) is 8.42 Å². The summed E-state index contributed by atoms with van der Waals surface area (Å²) >= 11 is 0. The lowest BCUT2D eigenvalue weighted by Gasteiger charge is -2.22. The van der Waals surface area contributed by atoms with Gasteiger partial charge in [-0.3, -0.25) is 0 Å². The fourth-order valence-corrected chi connectivity index (χ4v) is 4.19. The van der Waals surface area contributed by atoms with E-state index in [1.54, 1.807) is 0 Å². The second kappa shape index (κ2) is 3.79. The standard InChI is InChI=1S/C9H17NO3S/c11-6-9-2-1-5-10(9)14(12,13)7-8-3-4-8/h8-9,11H,1-7H2/t9-/m0/s1. The van der Waals surface area contributed by atoms with Crippen LogP contribution in [0.15, 0.2) is 0 Å². The van der Waals surface area contributed by atoms with E-state index in [2.05, 4.69) is 0 Å². The number of nitrogens with zero attached hydrogens (tertiary/aromatic N) is 1. The topological polar surface area (TPSA) is 57.6 Å². The Morgan fingerprint density at radius 1 is 1.29 bits per heavy atom. The summed E-state index contributed by atoms with van der Waals surface area (Å²) in [6, 6.07) is -0.154. The van der Waals surface area contributed by atoms with Gasteiger partial charge in [0, 0.05) is 12.6 Å². The molecule has 1 N–H and O–H groups in total. The van der Waals surface area contributed by atoms with Gasteiger partial charge in [-0.1, -0.05) is 0 Å². The van der Waals surface area contributed by atoms with Gasteiger partial charge in [0.2, 0.25) is 10.0 Å². The average molecular weight is 219 g/mol. The van der Waals surface area contributed by atoms with E-state index in [4.69, 9.17) is 5.11 Å². The van der Waals surface area contributed by atoms with Gasteiger partial charge in [-0.2, -0.15) is 4.31 Å². The van der Waals surface area contributed by atoms with Gasteiger partial charge < -0.3 is 5.11 Å². The molecule has 1 saturated carbocycles. The van der Waals surface area contributed by atoms with Crippen molar-refractivity contribution in [3.63, 3.8) is 0 Å². The molecule has 1 atom stereocenters. The molecule has 5 heteroatoms. The van der Waals surface area contributed by atoms with Crippen molar-refractivity contribution >= 4 is 10.0 Å². The molecule has 14 heavy (non-hydrogen) atoms. The van der Waals surface area contributed by atoms with Gasteiger partial charge in [0.25, 0.3) is 0 Å². The lowest BCUT2D eigenvalue weighted by atomic mass is 10.2. The summed E-state index contributed by atoms with van der Waals surface area (Å²) in [4.78, 5) is 0. The third-order valence-corrected chi connectivity index (χ3v) is 5.12. The zero-order valence-electron chi connectivity index (χ0n) is 8.22. The Morgan fingerprint density at radius 3 is 2.57 bits per heavy atom. The highest BCUT2D eigenvalue weighted by Gasteiger charge is 2.37. The van der Waals surface area contributed by atoms with E-state index in [-0.39, 0.29) is 12.6 Å². The monoisotopic (exact) mass is 219 g/mol. The SMILES string of the molecule is O=S(=O)(CC1CC1)N1CCC[C@H]1CO. The smallest absolute Gasteiger partial charge is 0.214 e. The molecule has 0 bridgehead atoms. The van der Waals surface area contributed by atoms with Gasteiger partial charge in [-0.15, -0.1) is 0 Å². The summed E-state index contributed by atoms with van der Waals surface area (Å²) < 4.78 is 25.2. The predicted octanol–water partition coefficient (Wildman–Crippen LogP) is 0.183. The second-order valence-corrected chi connectivity index (χ2v) is 6.28. The second-order valence-electron chi connectivity index (χ2n) is 4.31. The van der Waals surface area contributed by atoms with E-state index in [1.165, 1.54) is 4.31 Å². The Labute approximate surface area is 85.0 Å². The molecule has 0 unspecified atom stereocenters. The van der Waals surface area contributed by atoms with Crippen LogP contribution in [0.4, 0.5) is 0 Å². The number of rotatable bonds is 4. The minimum absolute atomic E-state index is 0.0378. The predicted molar refractivity (Wildman–Crippen MR) is 53.3 cm³/mol. The van der Waals surface area contributed by atoms with Gasteiger partial charge in [0.05, 0.1) is 12.4 Å². The molecular weight excluding hydrogens is 202 g/mol. The molecule has 82 valence electrons. The maximum Gasteiger partial charge on any atom is 0.214 e. The van der Waals surface area contributed by atoms with Crippen molar-refractivity contribution in [1.29, 1.82) is 0 Å². The molecule has 1 saturated heterocycles. The van der Waals surface area contributed by atoms with E-state index in [9.17, 15) is 8.42 Å². The zero-order chi connectivity index (χ0) is 10.2. The van der Waals surface area contributed by atoms with Crippen molar-refractivity contribution in [2.45, 2.75) is 31.7 Å². The summed E-state index contributed by atoms with van der Waals surface area (Å²) in [5.74, 6) is 0.684. The van der Waals surface area contributed by atoms with E-state index < -0.39 is 10.0 Å². The molecule has 1 heterocycles. The van der Waals surface area contributed by atoms with E-state index in [0.717, 1.165) is 25.7 Å². The maximum absolute atomic E-state index is 11.9. The van der Waals surface area contributed by atoms with Crippen LogP contribution < -0.4 is 0 Å². The first-order valence-electron chi connectivity index (χ1n) is 5.24. The first kappa shape index (κ1) is 10.4. The van der Waals surface area contributed by atoms with Gasteiger partial charge in [-0.05, 0) is 31.6 Å². The van der Waals surface area contributed by atoms with Crippen molar-refractivity contribution in [3.05, 3.63) is 0 Å².